The van der Waals surface area contributed by atoms with Crippen molar-refractivity contribution in [3.8, 4) is 11.5 Å². The summed E-state index contributed by atoms with van der Waals surface area (Å²) in [6.45, 7) is 0.111. The monoisotopic (exact) mass is 233 g/mol. The minimum absolute atomic E-state index is 0.0512. The van der Waals surface area contributed by atoms with Gasteiger partial charge >= 0.3 is 0 Å². The van der Waals surface area contributed by atoms with E-state index >= 15 is 0 Å². The number of ether oxygens (including phenoxy) is 1. The molecule has 6 heteroatoms. The first-order valence-electron chi connectivity index (χ1n) is 4.60. The van der Waals surface area contributed by atoms with Crippen LogP contribution in [0.3, 0.4) is 0 Å². The van der Waals surface area contributed by atoms with Crippen molar-refractivity contribution in [3.63, 3.8) is 0 Å². The van der Waals surface area contributed by atoms with E-state index in [1.54, 1.807) is 7.05 Å². The Hall–Kier alpha value is -1.40. The average Bonchev–Trinajstić information content (AvgIpc) is 2.26. The van der Waals surface area contributed by atoms with Gasteiger partial charge in [0.15, 0.2) is 17.3 Å². The van der Waals surface area contributed by atoms with Gasteiger partial charge in [0.05, 0.1) is 13.2 Å². The third-order valence-electron chi connectivity index (χ3n) is 2.14. The lowest BCUT2D eigenvalue weighted by atomic mass is 10.1. The van der Waals surface area contributed by atoms with Gasteiger partial charge in [0.2, 0.25) is 5.82 Å². The zero-order valence-corrected chi connectivity index (χ0v) is 8.92. The van der Waals surface area contributed by atoms with Crippen molar-refractivity contribution in [2.45, 2.75) is 6.10 Å². The second-order valence-corrected chi connectivity index (χ2v) is 3.22. The molecule has 0 amide bonds. The van der Waals surface area contributed by atoms with Crippen LogP contribution in [0.25, 0.3) is 0 Å². The maximum Gasteiger partial charge on any atom is 0.210 e. The molecule has 0 fully saturated rings. The summed E-state index contributed by atoms with van der Waals surface area (Å²) in [5, 5.41) is 21.3. The second-order valence-electron chi connectivity index (χ2n) is 3.22. The predicted octanol–water partition coefficient (Wildman–Crippen LogP) is 0.932. The number of nitrogens with one attached hydrogen (secondary N) is 1. The zero-order chi connectivity index (χ0) is 12.3. The van der Waals surface area contributed by atoms with Gasteiger partial charge < -0.3 is 20.3 Å². The number of aliphatic hydroxyl groups excluding tert-OH is 1. The molecular weight excluding hydrogens is 220 g/mol. The van der Waals surface area contributed by atoms with Crippen molar-refractivity contribution in [2.75, 3.05) is 20.7 Å². The molecule has 0 aliphatic carbocycles. The van der Waals surface area contributed by atoms with Crippen LogP contribution in [-0.4, -0.2) is 30.9 Å². The molecule has 1 atom stereocenters. The van der Waals surface area contributed by atoms with E-state index in [1.807, 2.05) is 0 Å². The molecule has 1 aromatic carbocycles. The van der Waals surface area contributed by atoms with E-state index in [0.717, 1.165) is 6.07 Å². The average molecular weight is 233 g/mol. The number of methoxy groups -OCH3 is 1. The Labute approximate surface area is 91.5 Å². The molecular formula is C10H13F2NO3. The number of rotatable bonds is 4. The number of benzene rings is 1. The van der Waals surface area contributed by atoms with Gasteiger partial charge in [-0.3, -0.25) is 0 Å². The van der Waals surface area contributed by atoms with Crippen LogP contribution in [0.4, 0.5) is 8.78 Å². The Bertz CT molecular complexity index is 385. The van der Waals surface area contributed by atoms with Gasteiger partial charge in [-0.05, 0) is 13.1 Å². The van der Waals surface area contributed by atoms with Crippen molar-refractivity contribution in [1.29, 1.82) is 0 Å². The molecule has 90 valence electrons. The minimum atomic E-state index is -1.22. The Balaban J connectivity index is 3.27. The maximum atomic E-state index is 13.4. The third kappa shape index (κ3) is 2.23. The normalized spacial score (nSPS) is 12.6. The van der Waals surface area contributed by atoms with E-state index in [9.17, 15) is 13.9 Å². The van der Waals surface area contributed by atoms with Gasteiger partial charge in [0.1, 0.15) is 0 Å². The number of hydrogen-bond donors (Lipinski definition) is 3. The second kappa shape index (κ2) is 5.09. The Kier molecular flexibility index (Phi) is 4.03. The van der Waals surface area contributed by atoms with Gasteiger partial charge in [-0.1, -0.05) is 0 Å². The first-order valence-corrected chi connectivity index (χ1v) is 4.60. The number of aliphatic hydroxyl groups is 1. The van der Waals surface area contributed by atoms with E-state index < -0.39 is 23.5 Å². The fourth-order valence-corrected chi connectivity index (χ4v) is 1.37. The third-order valence-corrected chi connectivity index (χ3v) is 2.14. The number of phenols is 1. The molecule has 0 saturated heterocycles. The van der Waals surface area contributed by atoms with Crippen LogP contribution in [0.2, 0.25) is 0 Å². The van der Waals surface area contributed by atoms with Crippen LogP contribution in [0.1, 0.15) is 11.7 Å². The van der Waals surface area contributed by atoms with Gasteiger partial charge in [-0.2, -0.15) is 4.39 Å². The summed E-state index contributed by atoms with van der Waals surface area (Å²) in [4.78, 5) is 0. The molecule has 0 aliphatic rings. The number of aromatic hydroxyl groups is 1. The molecule has 0 aromatic heterocycles. The van der Waals surface area contributed by atoms with E-state index in [4.69, 9.17) is 5.11 Å². The molecule has 0 aliphatic heterocycles. The molecule has 0 radical (unpaired) electrons. The highest BCUT2D eigenvalue weighted by molar-refractivity contribution is 5.44. The Morgan fingerprint density at radius 1 is 1.50 bits per heavy atom. The lowest BCUT2D eigenvalue weighted by Crippen LogP contribution is -2.18. The minimum Gasteiger partial charge on any atom is -0.503 e. The highest BCUT2D eigenvalue weighted by Gasteiger charge is 2.22. The van der Waals surface area contributed by atoms with Crippen molar-refractivity contribution < 1.29 is 23.7 Å². The fourth-order valence-electron chi connectivity index (χ4n) is 1.37. The number of halogens is 2. The summed E-state index contributed by atoms with van der Waals surface area (Å²) in [5.41, 5.74) is -0.0512. The van der Waals surface area contributed by atoms with Crippen LogP contribution in [0.5, 0.6) is 11.5 Å². The molecule has 0 bridgehead atoms. The molecule has 0 spiro atoms. The molecule has 0 saturated carbocycles. The fraction of sp³-hybridized carbons (Fsp3) is 0.400. The summed E-state index contributed by atoms with van der Waals surface area (Å²) in [6, 6.07) is 0.846. The highest BCUT2D eigenvalue weighted by atomic mass is 19.1. The summed E-state index contributed by atoms with van der Waals surface area (Å²) in [6.07, 6.45) is -1.12. The lowest BCUT2D eigenvalue weighted by molar-refractivity contribution is 0.171. The summed E-state index contributed by atoms with van der Waals surface area (Å²) >= 11 is 0. The van der Waals surface area contributed by atoms with Crippen LogP contribution in [0.15, 0.2) is 6.07 Å². The van der Waals surface area contributed by atoms with Crippen LogP contribution in [-0.2, 0) is 0 Å². The molecule has 3 N–H and O–H groups in total. The smallest absolute Gasteiger partial charge is 0.210 e. The molecule has 1 rings (SSSR count). The SMILES string of the molecule is CNCC(O)c1cc(F)c(O)c(F)c1OC. The van der Waals surface area contributed by atoms with Gasteiger partial charge in [-0.15, -0.1) is 0 Å². The Morgan fingerprint density at radius 2 is 2.12 bits per heavy atom. The molecule has 1 aromatic rings. The lowest BCUT2D eigenvalue weighted by Gasteiger charge is -2.15. The molecule has 1 unspecified atom stereocenters. The van der Waals surface area contributed by atoms with Gasteiger partial charge in [-0.25, -0.2) is 4.39 Å². The van der Waals surface area contributed by atoms with Gasteiger partial charge in [0.25, 0.3) is 0 Å². The number of likely N-dealkylation sites (N-methyl/N-ethyl adjacent to an activating group) is 1. The molecule has 4 nitrogen and oxygen atoms in total. The van der Waals surface area contributed by atoms with E-state index in [0.29, 0.717) is 0 Å². The van der Waals surface area contributed by atoms with E-state index in [1.165, 1.54) is 7.11 Å². The number of hydrogen-bond acceptors (Lipinski definition) is 4. The summed E-state index contributed by atoms with van der Waals surface area (Å²) in [7, 11) is 2.76. The zero-order valence-electron chi connectivity index (χ0n) is 8.92. The quantitative estimate of drug-likeness (QED) is 0.724. The largest absolute Gasteiger partial charge is 0.503 e. The number of phenolic OH excluding ortho intramolecular Hbond substituents is 1. The van der Waals surface area contributed by atoms with Crippen molar-refractivity contribution >= 4 is 0 Å². The standard InChI is InChI=1S/C10H13F2NO3/c1-13-4-7(14)5-3-6(11)9(15)8(12)10(5)16-2/h3,7,13-15H,4H2,1-2H3. The molecule has 0 heterocycles. The summed E-state index contributed by atoms with van der Waals surface area (Å²) in [5.74, 6) is -3.82. The topological polar surface area (TPSA) is 61.7 Å². The van der Waals surface area contributed by atoms with Crippen molar-refractivity contribution in [3.05, 3.63) is 23.3 Å². The first-order chi connectivity index (χ1) is 7.52. The summed E-state index contributed by atoms with van der Waals surface area (Å²) < 4.78 is 31.1. The molecule has 16 heavy (non-hydrogen) atoms. The Morgan fingerprint density at radius 3 is 2.62 bits per heavy atom. The van der Waals surface area contributed by atoms with Crippen molar-refractivity contribution in [2.24, 2.45) is 0 Å². The van der Waals surface area contributed by atoms with Crippen molar-refractivity contribution in [1.82, 2.24) is 5.32 Å². The maximum absolute atomic E-state index is 13.4. The highest BCUT2D eigenvalue weighted by Crippen LogP contribution is 2.35. The van der Waals surface area contributed by atoms with Crippen LogP contribution in [0, 0.1) is 11.6 Å². The predicted molar refractivity (Wildman–Crippen MR) is 53.5 cm³/mol. The van der Waals surface area contributed by atoms with E-state index in [-0.39, 0.29) is 17.9 Å². The van der Waals surface area contributed by atoms with Gasteiger partial charge in [0, 0.05) is 12.1 Å². The van der Waals surface area contributed by atoms with Crippen LogP contribution < -0.4 is 10.1 Å². The first kappa shape index (κ1) is 12.7. The van der Waals surface area contributed by atoms with E-state index in [2.05, 4.69) is 10.1 Å². The van der Waals surface area contributed by atoms with Crippen LogP contribution >= 0.6 is 0 Å².